The van der Waals surface area contributed by atoms with Gasteiger partial charge < -0.3 is 0 Å². The third-order valence-electron chi connectivity index (χ3n) is 3.04. The maximum absolute atomic E-state index is 5.94. The summed E-state index contributed by atoms with van der Waals surface area (Å²) in [6.45, 7) is 2.11. The van der Waals surface area contributed by atoms with E-state index in [0.29, 0.717) is 0 Å². The van der Waals surface area contributed by atoms with Crippen LogP contribution in [0, 0.1) is 6.92 Å². The Morgan fingerprint density at radius 1 is 0.895 bits per heavy atom. The number of rotatable bonds is 2. The van der Waals surface area contributed by atoms with Crippen LogP contribution >= 0.6 is 11.6 Å². The average molecular weight is 333 g/mol. The van der Waals surface area contributed by atoms with Crippen molar-refractivity contribution < 1.29 is 0 Å². The molecule has 0 bridgehead atoms. The van der Waals surface area contributed by atoms with E-state index < -0.39 is 0 Å². The molecule has 0 aliphatic rings. The summed E-state index contributed by atoms with van der Waals surface area (Å²) in [6, 6.07) is 16.6. The molecule has 0 aliphatic heterocycles. The van der Waals surface area contributed by atoms with Gasteiger partial charge in [-0.15, -0.1) is 0 Å². The summed E-state index contributed by atoms with van der Waals surface area (Å²) in [5.41, 5.74) is 4.96. The van der Waals surface area contributed by atoms with Crippen molar-refractivity contribution in [2.45, 2.75) is 6.92 Å². The molecule has 0 aliphatic carbocycles. The van der Waals surface area contributed by atoms with Crippen molar-refractivity contribution in [3.8, 4) is 21.1 Å². The van der Waals surface area contributed by atoms with Crippen LogP contribution in [0.1, 0.15) is 5.56 Å². The second-order valence-electron chi connectivity index (χ2n) is 4.44. The summed E-state index contributed by atoms with van der Waals surface area (Å²) in [6.07, 6.45) is 1.98. The van der Waals surface area contributed by atoms with Gasteiger partial charge in [-0.25, -0.2) is 0 Å². The fraction of sp³-hybridized carbons (Fsp3) is 0.0625. The van der Waals surface area contributed by atoms with Crippen molar-refractivity contribution in [2.24, 2.45) is 0 Å². The summed E-state index contributed by atoms with van der Waals surface area (Å²) < 4.78 is 5.82. The van der Waals surface area contributed by atoms with E-state index >= 15 is 0 Å². The Morgan fingerprint density at radius 3 is 2.21 bits per heavy atom. The molecule has 0 unspecified atom stereocenters. The van der Waals surface area contributed by atoms with Gasteiger partial charge in [0.05, 0.1) is 0 Å². The van der Waals surface area contributed by atoms with Gasteiger partial charge >= 0.3 is 124 Å². The summed E-state index contributed by atoms with van der Waals surface area (Å²) in [7, 11) is 0. The van der Waals surface area contributed by atoms with Gasteiger partial charge in [0.2, 0.25) is 0 Å². The van der Waals surface area contributed by atoms with Crippen molar-refractivity contribution >= 4 is 26.3 Å². The predicted molar refractivity (Wildman–Crippen MR) is 81.8 cm³/mol. The van der Waals surface area contributed by atoms with E-state index in [1.54, 1.807) is 0 Å². The van der Waals surface area contributed by atoms with Crippen LogP contribution in [-0.4, -0.2) is 18.7 Å². The third-order valence-corrected chi connectivity index (χ3v) is 5.07. The van der Waals surface area contributed by atoms with E-state index in [9.17, 15) is 0 Å². The van der Waals surface area contributed by atoms with Crippen LogP contribution in [0.15, 0.2) is 54.7 Å². The summed E-state index contributed by atoms with van der Waals surface area (Å²) in [5, 5.41) is 0.765. The molecule has 0 amide bonds. The first-order valence-electron chi connectivity index (χ1n) is 6.02. The Hall–Kier alpha value is -1.34. The molecule has 0 spiro atoms. The van der Waals surface area contributed by atoms with E-state index in [-0.39, 0.29) is 14.7 Å². The van der Waals surface area contributed by atoms with E-state index in [1.807, 2.05) is 18.3 Å². The van der Waals surface area contributed by atoms with Gasteiger partial charge in [-0.05, 0) is 0 Å². The molecule has 1 aromatic heterocycles. The molecular formula is C16H12ClNSe. The van der Waals surface area contributed by atoms with Crippen molar-refractivity contribution in [2.75, 3.05) is 0 Å². The molecule has 19 heavy (non-hydrogen) atoms. The quantitative estimate of drug-likeness (QED) is 0.632. The third kappa shape index (κ3) is 2.66. The van der Waals surface area contributed by atoms with Crippen LogP contribution in [0.2, 0.25) is 5.02 Å². The number of benzene rings is 2. The van der Waals surface area contributed by atoms with Gasteiger partial charge in [0, 0.05) is 0 Å². The molecule has 0 fully saturated rings. The number of aryl methyl sites for hydroxylation is 1. The van der Waals surface area contributed by atoms with E-state index in [1.165, 1.54) is 26.7 Å². The molecule has 0 N–H and O–H groups in total. The Kier molecular flexibility index (Phi) is 3.56. The second kappa shape index (κ2) is 5.34. The van der Waals surface area contributed by atoms with Crippen LogP contribution in [0.3, 0.4) is 0 Å². The van der Waals surface area contributed by atoms with E-state index in [0.717, 1.165) is 5.02 Å². The van der Waals surface area contributed by atoms with Crippen LogP contribution in [0.25, 0.3) is 21.1 Å². The fourth-order valence-corrected chi connectivity index (χ4v) is 3.74. The van der Waals surface area contributed by atoms with Crippen molar-refractivity contribution in [3.63, 3.8) is 0 Å². The fourth-order valence-electron chi connectivity index (χ4n) is 1.99. The Balaban J connectivity index is 2.07. The van der Waals surface area contributed by atoms with Gasteiger partial charge in [0.25, 0.3) is 0 Å². The van der Waals surface area contributed by atoms with Crippen molar-refractivity contribution in [1.82, 2.24) is 3.98 Å². The van der Waals surface area contributed by atoms with E-state index in [2.05, 4.69) is 47.3 Å². The first kappa shape index (κ1) is 12.7. The number of nitrogens with zero attached hydrogens (tertiary/aromatic N) is 1. The summed E-state index contributed by atoms with van der Waals surface area (Å²) >= 11 is 6.11. The molecule has 3 aromatic rings. The molecule has 0 saturated carbocycles. The molecular weight excluding hydrogens is 321 g/mol. The normalized spacial score (nSPS) is 10.6. The zero-order valence-electron chi connectivity index (χ0n) is 10.4. The minimum atomic E-state index is 0.171. The first-order valence-corrected chi connectivity index (χ1v) is 8.02. The molecule has 3 heteroatoms. The van der Waals surface area contributed by atoms with Crippen LogP contribution in [0.4, 0.5) is 0 Å². The van der Waals surface area contributed by atoms with Crippen LogP contribution < -0.4 is 0 Å². The van der Waals surface area contributed by atoms with Crippen LogP contribution in [0.5, 0.6) is 0 Å². The number of hydrogen-bond donors (Lipinski definition) is 0. The zero-order valence-corrected chi connectivity index (χ0v) is 12.9. The molecule has 2 aromatic carbocycles. The molecule has 1 heterocycles. The molecule has 3 rings (SSSR count). The number of halogens is 1. The van der Waals surface area contributed by atoms with Gasteiger partial charge in [0.15, 0.2) is 0 Å². The monoisotopic (exact) mass is 333 g/mol. The Labute approximate surface area is 123 Å². The Bertz CT molecular complexity index is 624. The number of aromatic nitrogens is 1. The first-order chi connectivity index (χ1) is 9.24. The average Bonchev–Trinajstić information content (AvgIpc) is 2.90. The topological polar surface area (TPSA) is 12.9 Å². The predicted octanol–water partition coefficient (Wildman–Crippen LogP) is 4.43. The Morgan fingerprint density at radius 2 is 1.53 bits per heavy atom. The molecule has 1 nitrogen and oxygen atoms in total. The zero-order chi connectivity index (χ0) is 13.2. The standard InChI is InChI=1S/C16H12ClNSe/c1-11-2-4-13(5-3-11)16-15(10-18-19-16)12-6-8-14(17)9-7-12/h2-10H,1H3. The SMILES string of the molecule is Cc1ccc(-c2[se]ncc2-c2ccc(Cl)cc2)cc1. The van der Waals surface area contributed by atoms with Crippen molar-refractivity contribution in [3.05, 3.63) is 65.3 Å². The summed E-state index contributed by atoms with van der Waals surface area (Å²) in [4.78, 5) is 0. The number of hydrogen-bond acceptors (Lipinski definition) is 1. The van der Waals surface area contributed by atoms with Gasteiger partial charge in [0.1, 0.15) is 0 Å². The second-order valence-corrected chi connectivity index (χ2v) is 6.56. The maximum atomic E-state index is 5.94. The molecule has 0 radical (unpaired) electrons. The molecule has 94 valence electrons. The minimum absolute atomic E-state index is 0.171. The van der Waals surface area contributed by atoms with E-state index in [4.69, 9.17) is 11.6 Å². The van der Waals surface area contributed by atoms with Crippen molar-refractivity contribution in [1.29, 1.82) is 0 Å². The summed E-state index contributed by atoms with van der Waals surface area (Å²) in [5.74, 6) is 0. The molecule has 0 atom stereocenters. The van der Waals surface area contributed by atoms with Gasteiger partial charge in [-0.3, -0.25) is 0 Å². The van der Waals surface area contributed by atoms with Gasteiger partial charge in [-0.2, -0.15) is 0 Å². The van der Waals surface area contributed by atoms with Crippen LogP contribution in [-0.2, 0) is 0 Å². The molecule has 0 saturated heterocycles. The van der Waals surface area contributed by atoms with Gasteiger partial charge in [-0.1, -0.05) is 0 Å².